The average molecular weight is 360 g/mol. The molecule has 0 spiro atoms. The maximum absolute atomic E-state index is 12.6. The predicted octanol–water partition coefficient (Wildman–Crippen LogP) is 3.65. The zero-order valence-electron chi connectivity index (χ0n) is 16.3. The van der Waals surface area contributed by atoms with Gasteiger partial charge in [0.2, 0.25) is 5.91 Å². The second-order valence-corrected chi connectivity index (χ2v) is 7.83. The number of hydrogen-bond donors (Lipinski definition) is 2. The molecule has 2 rings (SSSR count). The molecule has 1 aliphatic rings. The SMILES string of the molecule is CC(C)C(N)CCN(C)C(=O)c1cccc(NC(=O)C2CCCCC2)c1. The minimum absolute atomic E-state index is 0.0466. The molecular formula is C21H33N3O2. The molecule has 1 saturated carbocycles. The number of benzene rings is 1. The largest absolute Gasteiger partial charge is 0.342 e. The standard InChI is InChI=1S/C21H33N3O2/c1-15(2)19(22)12-13-24(3)21(26)17-10-7-11-18(14-17)23-20(25)16-8-5-4-6-9-16/h7,10-11,14-16,19H,4-6,8-9,12-13,22H2,1-3H3,(H,23,25). The Balaban J connectivity index is 1.94. The molecule has 144 valence electrons. The molecule has 1 atom stereocenters. The second-order valence-electron chi connectivity index (χ2n) is 7.83. The number of nitrogens with two attached hydrogens (primary N) is 1. The minimum atomic E-state index is -0.0466. The maximum atomic E-state index is 12.6. The van der Waals surface area contributed by atoms with Gasteiger partial charge in [0.25, 0.3) is 5.91 Å². The van der Waals surface area contributed by atoms with E-state index in [0.29, 0.717) is 23.7 Å². The van der Waals surface area contributed by atoms with Crippen LogP contribution in [-0.2, 0) is 4.79 Å². The van der Waals surface area contributed by atoms with E-state index >= 15 is 0 Å². The van der Waals surface area contributed by atoms with Crippen molar-refractivity contribution in [2.24, 2.45) is 17.6 Å². The molecule has 2 amide bonds. The van der Waals surface area contributed by atoms with E-state index in [4.69, 9.17) is 5.73 Å². The highest BCUT2D eigenvalue weighted by Gasteiger charge is 2.21. The Morgan fingerprint density at radius 1 is 1.23 bits per heavy atom. The Kier molecular flexibility index (Phi) is 7.64. The van der Waals surface area contributed by atoms with E-state index in [1.807, 2.05) is 12.1 Å². The topological polar surface area (TPSA) is 75.4 Å². The molecule has 0 aliphatic heterocycles. The summed E-state index contributed by atoms with van der Waals surface area (Å²) in [6.07, 6.45) is 6.17. The fourth-order valence-corrected chi connectivity index (χ4v) is 3.34. The number of carbonyl (C=O) groups excluding carboxylic acids is 2. The van der Waals surface area contributed by atoms with Crippen molar-refractivity contribution in [3.63, 3.8) is 0 Å². The monoisotopic (exact) mass is 359 g/mol. The summed E-state index contributed by atoms with van der Waals surface area (Å²) in [6, 6.07) is 7.30. The first kappa shape index (κ1) is 20.4. The van der Waals surface area contributed by atoms with Crippen LogP contribution in [0.25, 0.3) is 0 Å². The average Bonchev–Trinajstić information content (AvgIpc) is 2.65. The van der Waals surface area contributed by atoms with E-state index < -0.39 is 0 Å². The molecule has 1 unspecified atom stereocenters. The van der Waals surface area contributed by atoms with E-state index in [-0.39, 0.29) is 23.8 Å². The van der Waals surface area contributed by atoms with E-state index in [1.54, 1.807) is 24.1 Å². The normalized spacial score (nSPS) is 16.3. The van der Waals surface area contributed by atoms with Crippen LogP contribution in [0.3, 0.4) is 0 Å². The third kappa shape index (κ3) is 5.84. The summed E-state index contributed by atoms with van der Waals surface area (Å²) in [5, 5.41) is 2.98. The first-order valence-corrected chi connectivity index (χ1v) is 9.80. The number of nitrogens with one attached hydrogen (secondary N) is 1. The van der Waals surface area contributed by atoms with Crippen LogP contribution in [0.4, 0.5) is 5.69 Å². The quantitative estimate of drug-likeness (QED) is 0.780. The first-order valence-electron chi connectivity index (χ1n) is 9.80. The van der Waals surface area contributed by atoms with Crippen LogP contribution < -0.4 is 11.1 Å². The van der Waals surface area contributed by atoms with Crippen LogP contribution in [0, 0.1) is 11.8 Å². The number of rotatable bonds is 7. The van der Waals surface area contributed by atoms with E-state index in [2.05, 4.69) is 19.2 Å². The van der Waals surface area contributed by atoms with Gasteiger partial charge < -0.3 is 16.0 Å². The third-order valence-electron chi connectivity index (χ3n) is 5.35. The number of carbonyl (C=O) groups is 2. The molecule has 5 nitrogen and oxygen atoms in total. The molecule has 1 aromatic carbocycles. The van der Waals surface area contributed by atoms with Crippen LogP contribution in [0.5, 0.6) is 0 Å². The molecule has 0 bridgehead atoms. The van der Waals surface area contributed by atoms with Gasteiger partial charge in [-0.3, -0.25) is 9.59 Å². The summed E-state index contributed by atoms with van der Waals surface area (Å²) in [5.41, 5.74) is 7.35. The summed E-state index contributed by atoms with van der Waals surface area (Å²) in [7, 11) is 1.79. The van der Waals surface area contributed by atoms with Gasteiger partial charge in [0.1, 0.15) is 0 Å². The fourth-order valence-electron chi connectivity index (χ4n) is 3.34. The number of nitrogens with zero attached hydrogens (tertiary/aromatic N) is 1. The summed E-state index contributed by atoms with van der Waals surface area (Å²) >= 11 is 0. The highest BCUT2D eigenvalue weighted by molar-refractivity contribution is 5.97. The highest BCUT2D eigenvalue weighted by Crippen LogP contribution is 2.25. The zero-order chi connectivity index (χ0) is 19.1. The first-order chi connectivity index (χ1) is 12.4. The minimum Gasteiger partial charge on any atom is -0.342 e. The van der Waals surface area contributed by atoms with Gasteiger partial charge in [-0.2, -0.15) is 0 Å². The molecule has 0 aromatic heterocycles. The van der Waals surface area contributed by atoms with Gasteiger partial charge in [-0.05, 0) is 43.4 Å². The van der Waals surface area contributed by atoms with Crippen molar-refractivity contribution < 1.29 is 9.59 Å². The molecule has 1 aromatic rings. The summed E-state index contributed by atoms with van der Waals surface area (Å²) in [6.45, 7) is 4.80. The fraction of sp³-hybridized carbons (Fsp3) is 0.619. The summed E-state index contributed by atoms with van der Waals surface area (Å²) in [4.78, 5) is 26.7. The maximum Gasteiger partial charge on any atom is 0.253 e. The van der Waals surface area contributed by atoms with Crippen LogP contribution in [0.1, 0.15) is 62.7 Å². The number of hydrogen-bond acceptors (Lipinski definition) is 3. The van der Waals surface area contributed by atoms with Crippen LogP contribution >= 0.6 is 0 Å². The van der Waals surface area contributed by atoms with Gasteiger partial charge in [-0.25, -0.2) is 0 Å². The second kappa shape index (κ2) is 9.72. The van der Waals surface area contributed by atoms with Crippen molar-refractivity contribution in [2.75, 3.05) is 18.9 Å². The van der Waals surface area contributed by atoms with Crippen LogP contribution in [0.2, 0.25) is 0 Å². The summed E-state index contributed by atoms with van der Waals surface area (Å²) < 4.78 is 0. The molecule has 0 saturated heterocycles. The molecule has 3 N–H and O–H groups in total. The number of anilines is 1. The lowest BCUT2D eigenvalue weighted by atomic mass is 9.88. The predicted molar refractivity (Wildman–Crippen MR) is 106 cm³/mol. The Morgan fingerprint density at radius 3 is 2.58 bits per heavy atom. The van der Waals surface area contributed by atoms with Crippen LogP contribution in [0.15, 0.2) is 24.3 Å². The van der Waals surface area contributed by atoms with E-state index in [1.165, 1.54) is 6.42 Å². The lowest BCUT2D eigenvalue weighted by Gasteiger charge is -2.22. The Labute approximate surface area is 157 Å². The van der Waals surface area contributed by atoms with Gasteiger partial charge in [0, 0.05) is 36.8 Å². The highest BCUT2D eigenvalue weighted by atomic mass is 16.2. The molecular weight excluding hydrogens is 326 g/mol. The van der Waals surface area contributed by atoms with Crippen molar-refractivity contribution in [3.05, 3.63) is 29.8 Å². The smallest absolute Gasteiger partial charge is 0.253 e. The Hall–Kier alpha value is -1.88. The lowest BCUT2D eigenvalue weighted by molar-refractivity contribution is -0.120. The van der Waals surface area contributed by atoms with Gasteiger partial charge in [0.15, 0.2) is 0 Å². The molecule has 26 heavy (non-hydrogen) atoms. The zero-order valence-corrected chi connectivity index (χ0v) is 16.3. The molecule has 0 radical (unpaired) electrons. The number of amides is 2. The molecule has 1 aliphatic carbocycles. The Bertz CT molecular complexity index is 609. The van der Waals surface area contributed by atoms with Gasteiger partial charge in [0.05, 0.1) is 0 Å². The van der Waals surface area contributed by atoms with Gasteiger partial charge in [-0.15, -0.1) is 0 Å². The Morgan fingerprint density at radius 2 is 1.92 bits per heavy atom. The summed E-state index contributed by atoms with van der Waals surface area (Å²) in [5.74, 6) is 0.528. The van der Waals surface area contributed by atoms with Crippen LogP contribution in [-0.4, -0.2) is 36.3 Å². The van der Waals surface area contributed by atoms with E-state index in [9.17, 15) is 9.59 Å². The van der Waals surface area contributed by atoms with Crippen molar-refractivity contribution in [2.45, 2.75) is 58.4 Å². The molecule has 1 fully saturated rings. The molecule has 5 heteroatoms. The van der Waals surface area contributed by atoms with Crippen molar-refractivity contribution >= 4 is 17.5 Å². The van der Waals surface area contributed by atoms with Crippen molar-refractivity contribution in [3.8, 4) is 0 Å². The van der Waals surface area contributed by atoms with Crippen molar-refractivity contribution in [1.82, 2.24) is 4.90 Å². The molecule has 0 heterocycles. The van der Waals surface area contributed by atoms with E-state index in [0.717, 1.165) is 32.1 Å². The van der Waals surface area contributed by atoms with Gasteiger partial charge >= 0.3 is 0 Å². The van der Waals surface area contributed by atoms with Gasteiger partial charge in [-0.1, -0.05) is 39.2 Å². The lowest BCUT2D eigenvalue weighted by Crippen LogP contribution is -2.34. The van der Waals surface area contributed by atoms with Crippen molar-refractivity contribution in [1.29, 1.82) is 0 Å². The third-order valence-corrected chi connectivity index (χ3v) is 5.35.